The zero-order valence-corrected chi connectivity index (χ0v) is 7.78. The molecule has 0 spiro atoms. The third-order valence-corrected chi connectivity index (χ3v) is 1.87. The first-order chi connectivity index (χ1) is 5.89. The zero-order valence-electron chi connectivity index (χ0n) is 6.97. The van der Waals surface area contributed by atoms with Crippen LogP contribution in [0.3, 0.4) is 0 Å². The molecule has 0 saturated carbocycles. The van der Waals surface area contributed by atoms with Gasteiger partial charge in [0.2, 0.25) is 5.13 Å². The number of carbonyl (C=O) groups is 1. The van der Waals surface area contributed by atoms with Gasteiger partial charge in [-0.15, -0.1) is 0 Å². The van der Waals surface area contributed by atoms with Crippen molar-refractivity contribution < 1.29 is 13.6 Å². The number of halogens is 2. The minimum absolute atomic E-state index is 0.0871. The molecule has 0 bridgehead atoms. The number of rotatable bonds is 2. The van der Waals surface area contributed by atoms with Crippen LogP contribution in [0, 0.1) is 6.92 Å². The number of nitrogens with one attached hydrogen (secondary N) is 1. The molecule has 1 aromatic heterocycles. The largest absolute Gasteiger partial charge is 0.322 e. The van der Waals surface area contributed by atoms with Crippen LogP contribution in [0.2, 0.25) is 0 Å². The molecular formula is C6H7F2N3OS. The Morgan fingerprint density at radius 3 is 2.62 bits per heavy atom. The van der Waals surface area contributed by atoms with Crippen molar-refractivity contribution in [3.05, 3.63) is 5.82 Å². The summed E-state index contributed by atoms with van der Waals surface area (Å²) in [5.41, 5.74) is 0. The van der Waals surface area contributed by atoms with Gasteiger partial charge in [-0.3, -0.25) is 10.1 Å². The van der Waals surface area contributed by atoms with E-state index in [0.717, 1.165) is 11.5 Å². The van der Waals surface area contributed by atoms with E-state index >= 15 is 0 Å². The maximum Gasteiger partial charge on any atom is 0.322 e. The van der Waals surface area contributed by atoms with E-state index in [2.05, 4.69) is 9.36 Å². The van der Waals surface area contributed by atoms with E-state index in [1.54, 1.807) is 6.92 Å². The van der Waals surface area contributed by atoms with Gasteiger partial charge in [0.25, 0.3) is 5.91 Å². The predicted molar refractivity (Wildman–Crippen MR) is 43.9 cm³/mol. The number of amides is 1. The molecule has 72 valence electrons. The Morgan fingerprint density at radius 2 is 2.23 bits per heavy atom. The second-order valence-corrected chi connectivity index (χ2v) is 3.24. The average molecular weight is 207 g/mol. The molecule has 1 N–H and O–H groups in total. The Kier molecular flexibility index (Phi) is 2.55. The van der Waals surface area contributed by atoms with Crippen LogP contribution in [-0.2, 0) is 4.79 Å². The Balaban J connectivity index is 2.65. The normalized spacial score (nSPS) is 11.4. The molecule has 13 heavy (non-hydrogen) atoms. The number of aryl methyl sites for hydroxylation is 1. The van der Waals surface area contributed by atoms with E-state index in [1.807, 2.05) is 5.32 Å². The van der Waals surface area contributed by atoms with Crippen LogP contribution >= 0.6 is 11.5 Å². The third-order valence-electron chi connectivity index (χ3n) is 1.15. The highest BCUT2D eigenvalue weighted by Gasteiger charge is 2.32. The maximum atomic E-state index is 12.4. The lowest BCUT2D eigenvalue weighted by molar-refractivity contribution is -0.137. The zero-order chi connectivity index (χ0) is 10.1. The summed E-state index contributed by atoms with van der Waals surface area (Å²) < 4.78 is 28.4. The molecule has 0 radical (unpaired) electrons. The van der Waals surface area contributed by atoms with E-state index in [4.69, 9.17) is 0 Å². The SMILES string of the molecule is Cc1nsc(NC(=O)C(C)(F)F)n1. The smallest absolute Gasteiger partial charge is 0.295 e. The molecule has 0 unspecified atom stereocenters. The predicted octanol–water partition coefficient (Wildman–Crippen LogP) is 1.44. The molecular weight excluding hydrogens is 200 g/mol. The van der Waals surface area contributed by atoms with Gasteiger partial charge >= 0.3 is 5.92 Å². The fourth-order valence-electron chi connectivity index (χ4n) is 0.555. The first-order valence-electron chi connectivity index (χ1n) is 3.39. The van der Waals surface area contributed by atoms with E-state index in [9.17, 15) is 13.6 Å². The highest BCUT2D eigenvalue weighted by molar-refractivity contribution is 7.09. The summed E-state index contributed by atoms with van der Waals surface area (Å²) in [5, 5.41) is 2.05. The van der Waals surface area contributed by atoms with Gasteiger partial charge < -0.3 is 0 Å². The fourth-order valence-corrected chi connectivity index (χ4v) is 1.13. The molecule has 0 aliphatic carbocycles. The van der Waals surface area contributed by atoms with Crippen molar-refractivity contribution in [2.45, 2.75) is 19.8 Å². The maximum absolute atomic E-state index is 12.4. The molecule has 1 amide bonds. The topological polar surface area (TPSA) is 54.9 Å². The van der Waals surface area contributed by atoms with Gasteiger partial charge in [0, 0.05) is 18.5 Å². The Morgan fingerprint density at radius 1 is 1.62 bits per heavy atom. The van der Waals surface area contributed by atoms with Crippen molar-refractivity contribution in [2.24, 2.45) is 0 Å². The van der Waals surface area contributed by atoms with Crippen molar-refractivity contribution in [1.29, 1.82) is 0 Å². The monoisotopic (exact) mass is 207 g/mol. The lowest BCUT2D eigenvalue weighted by Crippen LogP contribution is -2.31. The van der Waals surface area contributed by atoms with Gasteiger partial charge in [-0.05, 0) is 6.92 Å². The fraction of sp³-hybridized carbons (Fsp3) is 0.500. The Hall–Kier alpha value is -1.11. The summed E-state index contributed by atoms with van der Waals surface area (Å²) in [6, 6.07) is 0. The van der Waals surface area contributed by atoms with Crippen LogP contribution in [0.1, 0.15) is 12.7 Å². The molecule has 0 aliphatic heterocycles. The van der Waals surface area contributed by atoms with Gasteiger partial charge in [-0.2, -0.15) is 13.2 Å². The van der Waals surface area contributed by atoms with Crippen LogP contribution in [-0.4, -0.2) is 21.2 Å². The summed E-state index contributed by atoms with van der Waals surface area (Å²) >= 11 is 0.868. The summed E-state index contributed by atoms with van der Waals surface area (Å²) in [5.74, 6) is -4.32. The average Bonchev–Trinajstić information content (AvgIpc) is 2.33. The van der Waals surface area contributed by atoms with Gasteiger partial charge in [0.1, 0.15) is 5.82 Å². The molecule has 1 aromatic rings. The van der Waals surface area contributed by atoms with Crippen LogP contribution in [0.25, 0.3) is 0 Å². The molecule has 1 heterocycles. The first-order valence-corrected chi connectivity index (χ1v) is 4.16. The Bertz CT molecular complexity index is 320. The number of aromatic nitrogens is 2. The number of alkyl halides is 2. The van der Waals surface area contributed by atoms with E-state index in [0.29, 0.717) is 12.7 Å². The number of hydrogen-bond acceptors (Lipinski definition) is 4. The van der Waals surface area contributed by atoms with Gasteiger partial charge in [-0.25, -0.2) is 4.98 Å². The van der Waals surface area contributed by atoms with Crippen molar-refractivity contribution in [3.63, 3.8) is 0 Å². The molecule has 4 nitrogen and oxygen atoms in total. The van der Waals surface area contributed by atoms with Crippen LogP contribution < -0.4 is 5.32 Å². The van der Waals surface area contributed by atoms with Gasteiger partial charge in [0.05, 0.1) is 0 Å². The van der Waals surface area contributed by atoms with Gasteiger partial charge in [0.15, 0.2) is 0 Å². The second-order valence-electron chi connectivity index (χ2n) is 2.49. The molecule has 0 fully saturated rings. The third kappa shape index (κ3) is 2.69. The van der Waals surface area contributed by atoms with Crippen molar-refractivity contribution in [3.8, 4) is 0 Å². The number of anilines is 1. The molecule has 0 aliphatic rings. The second kappa shape index (κ2) is 3.33. The Labute approximate surface area is 77.2 Å². The number of hydrogen-bond donors (Lipinski definition) is 1. The van der Waals surface area contributed by atoms with Gasteiger partial charge in [-0.1, -0.05) is 0 Å². The number of nitrogens with zero attached hydrogens (tertiary/aromatic N) is 2. The summed E-state index contributed by atoms with van der Waals surface area (Å²) in [6.07, 6.45) is 0. The van der Waals surface area contributed by atoms with Crippen molar-refractivity contribution in [1.82, 2.24) is 9.36 Å². The lowest BCUT2D eigenvalue weighted by atomic mass is 10.4. The minimum Gasteiger partial charge on any atom is -0.295 e. The molecule has 7 heteroatoms. The lowest BCUT2D eigenvalue weighted by Gasteiger charge is -2.07. The molecule has 0 atom stereocenters. The van der Waals surface area contributed by atoms with Crippen molar-refractivity contribution in [2.75, 3.05) is 5.32 Å². The summed E-state index contributed by atoms with van der Waals surface area (Å²) in [7, 11) is 0. The van der Waals surface area contributed by atoms with E-state index in [-0.39, 0.29) is 5.13 Å². The van der Waals surface area contributed by atoms with Crippen molar-refractivity contribution >= 4 is 22.6 Å². The summed E-state index contributed by atoms with van der Waals surface area (Å²) in [6.45, 7) is 2.13. The molecule has 0 aromatic carbocycles. The first kappa shape index (κ1) is 9.97. The number of carbonyl (C=O) groups excluding carboxylic acids is 1. The van der Waals surface area contributed by atoms with E-state index < -0.39 is 11.8 Å². The van der Waals surface area contributed by atoms with Crippen LogP contribution in [0.5, 0.6) is 0 Å². The highest BCUT2D eigenvalue weighted by Crippen LogP contribution is 2.16. The van der Waals surface area contributed by atoms with E-state index in [1.165, 1.54) is 0 Å². The molecule has 0 saturated heterocycles. The van der Waals surface area contributed by atoms with Crippen LogP contribution in [0.4, 0.5) is 13.9 Å². The quantitative estimate of drug-likeness (QED) is 0.798. The molecule has 1 rings (SSSR count). The van der Waals surface area contributed by atoms with Crippen LogP contribution in [0.15, 0.2) is 0 Å². The minimum atomic E-state index is -3.39. The summed E-state index contributed by atoms with van der Waals surface area (Å²) in [4.78, 5) is 14.4. The standard InChI is InChI=1S/C6H7F2N3OS/c1-3-9-5(13-11-3)10-4(12)6(2,7)8/h1-2H3,(H,9,10,11,12). The highest BCUT2D eigenvalue weighted by atomic mass is 32.1.